The summed E-state index contributed by atoms with van der Waals surface area (Å²) in [6, 6.07) is 11.5. The van der Waals surface area contributed by atoms with Gasteiger partial charge in [0, 0.05) is 18.7 Å². The first kappa shape index (κ1) is 13.4. The van der Waals surface area contributed by atoms with E-state index in [1.807, 2.05) is 43.3 Å². The van der Waals surface area contributed by atoms with E-state index in [1.54, 1.807) is 6.26 Å². The predicted octanol–water partition coefficient (Wildman–Crippen LogP) is 2.36. The van der Waals surface area contributed by atoms with Gasteiger partial charge in [0.05, 0.1) is 12.8 Å². The van der Waals surface area contributed by atoms with E-state index >= 15 is 0 Å². The van der Waals surface area contributed by atoms with Crippen LogP contribution in [0.1, 0.15) is 11.3 Å². The summed E-state index contributed by atoms with van der Waals surface area (Å²) in [7, 11) is 0. The minimum atomic E-state index is -0.0370. The van der Waals surface area contributed by atoms with E-state index in [0.29, 0.717) is 6.54 Å². The molecule has 0 unspecified atom stereocenters. The van der Waals surface area contributed by atoms with Gasteiger partial charge in [-0.05, 0) is 36.8 Å². The Morgan fingerprint density at radius 3 is 2.89 bits per heavy atom. The number of carbonyl (C=O) groups is 1. The molecular weight excluding hydrogens is 240 g/mol. The van der Waals surface area contributed by atoms with Crippen LogP contribution in [0.2, 0.25) is 0 Å². The molecule has 2 N–H and O–H groups in total. The number of carbonyl (C=O) groups excluding carboxylic acids is 1. The average molecular weight is 258 g/mol. The average Bonchev–Trinajstić information content (AvgIpc) is 2.88. The molecule has 0 aliphatic heterocycles. The van der Waals surface area contributed by atoms with Crippen LogP contribution in [0.5, 0.6) is 0 Å². The minimum Gasteiger partial charge on any atom is -0.469 e. The van der Waals surface area contributed by atoms with Crippen LogP contribution < -0.4 is 10.6 Å². The number of anilines is 1. The lowest BCUT2D eigenvalue weighted by Gasteiger charge is -2.06. The molecule has 0 aliphatic carbocycles. The van der Waals surface area contributed by atoms with Gasteiger partial charge in [0.1, 0.15) is 5.76 Å². The van der Waals surface area contributed by atoms with Crippen molar-refractivity contribution in [2.45, 2.75) is 13.3 Å². The molecule has 4 heteroatoms. The van der Waals surface area contributed by atoms with E-state index in [0.717, 1.165) is 30.0 Å². The fraction of sp³-hybridized carbons (Fsp3) is 0.267. The molecule has 1 aromatic heterocycles. The second-order valence-corrected chi connectivity index (χ2v) is 4.42. The Labute approximate surface area is 112 Å². The summed E-state index contributed by atoms with van der Waals surface area (Å²) in [5.41, 5.74) is 1.96. The maximum absolute atomic E-state index is 11.7. The van der Waals surface area contributed by atoms with Gasteiger partial charge < -0.3 is 15.1 Å². The molecule has 19 heavy (non-hydrogen) atoms. The Morgan fingerprint density at radius 2 is 2.16 bits per heavy atom. The van der Waals surface area contributed by atoms with Crippen LogP contribution in [-0.2, 0) is 11.2 Å². The molecule has 4 nitrogen and oxygen atoms in total. The molecule has 0 atom stereocenters. The summed E-state index contributed by atoms with van der Waals surface area (Å²) in [5.74, 6) is 0.886. The fourth-order valence-electron chi connectivity index (χ4n) is 1.80. The normalized spacial score (nSPS) is 10.4. The number of nitrogens with one attached hydrogen (secondary N) is 2. The van der Waals surface area contributed by atoms with E-state index in [9.17, 15) is 4.79 Å². The molecule has 0 fully saturated rings. The lowest BCUT2D eigenvalue weighted by molar-refractivity contribution is -0.115. The van der Waals surface area contributed by atoms with Gasteiger partial charge in [0.25, 0.3) is 0 Å². The molecule has 1 amide bonds. The SMILES string of the molecule is Cc1cccc(NC(=O)CNCCc2ccco2)c1. The van der Waals surface area contributed by atoms with Crippen LogP contribution in [0.3, 0.4) is 0 Å². The summed E-state index contributed by atoms with van der Waals surface area (Å²) in [6.45, 7) is 3.01. The van der Waals surface area contributed by atoms with Crippen molar-refractivity contribution in [1.29, 1.82) is 0 Å². The molecule has 0 spiro atoms. The maximum Gasteiger partial charge on any atom is 0.238 e. The largest absolute Gasteiger partial charge is 0.469 e. The number of benzene rings is 1. The highest BCUT2D eigenvalue weighted by Gasteiger charge is 2.02. The minimum absolute atomic E-state index is 0.0370. The third kappa shape index (κ3) is 4.60. The van der Waals surface area contributed by atoms with Gasteiger partial charge in [-0.15, -0.1) is 0 Å². The molecule has 0 bridgehead atoms. The molecule has 0 aliphatic rings. The fourth-order valence-corrected chi connectivity index (χ4v) is 1.80. The zero-order valence-electron chi connectivity index (χ0n) is 11.0. The Kier molecular flexibility index (Phi) is 4.75. The Bertz CT molecular complexity index is 521. The van der Waals surface area contributed by atoms with E-state index in [4.69, 9.17) is 4.42 Å². The molecule has 0 saturated heterocycles. The van der Waals surface area contributed by atoms with Crippen molar-refractivity contribution in [3.05, 3.63) is 54.0 Å². The van der Waals surface area contributed by atoms with Crippen LogP contribution in [0.25, 0.3) is 0 Å². The summed E-state index contributed by atoms with van der Waals surface area (Å²) in [4.78, 5) is 11.7. The van der Waals surface area contributed by atoms with Crippen LogP contribution in [0, 0.1) is 6.92 Å². The lowest BCUT2D eigenvalue weighted by atomic mass is 10.2. The van der Waals surface area contributed by atoms with Gasteiger partial charge in [0.2, 0.25) is 5.91 Å². The van der Waals surface area contributed by atoms with Crippen molar-refractivity contribution in [3.8, 4) is 0 Å². The number of hydrogen-bond acceptors (Lipinski definition) is 3. The van der Waals surface area contributed by atoms with E-state index in [1.165, 1.54) is 0 Å². The first-order valence-electron chi connectivity index (χ1n) is 6.33. The van der Waals surface area contributed by atoms with Gasteiger partial charge in [0.15, 0.2) is 0 Å². The molecule has 2 rings (SSSR count). The van der Waals surface area contributed by atoms with E-state index in [2.05, 4.69) is 10.6 Å². The van der Waals surface area contributed by atoms with Crippen molar-refractivity contribution in [1.82, 2.24) is 5.32 Å². The standard InChI is InChI=1S/C15H18N2O2/c1-12-4-2-5-13(10-12)17-15(18)11-16-8-7-14-6-3-9-19-14/h2-6,9-10,16H,7-8,11H2,1H3,(H,17,18). The highest BCUT2D eigenvalue weighted by Crippen LogP contribution is 2.08. The number of hydrogen-bond donors (Lipinski definition) is 2. The van der Waals surface area contributed by atoms with Gasteiger partial charge in [-0.25, -0.2) is 0 Å². The third-order valence-electron chi connectivity index (χ3n) is 2.72. The smallest absolute Gasteiger partial charge is 0.238 e. The van der Waals surface area contributed by atoms with Crippen LogP contribution in [0.4, 0.5) is 5.69 Å². The molecule has 100 valence electrons. The molecule has 0 saturated carbocycles. The summed E-state index contributed by atoms with van der Waals surface area (Å²) in [5, 5.41) is 5.94. The number of aryl methyl sites for hydroxylation is 1. The number of rotatable bonds is 6. The first-order valence-corrected chi connectivity index (χ1v) is 6.33. The number of furan rings is 1. The molecular formula is C15H18N2O2. The third-order valence-corrected chi connectivity index (χ3v) is 2.72. The molecule has 0 radical (unpaired) electrons. The van der Waals surface area contributed by atoms with Crippen LogP contribution >= 0.6 is 0 Å². The van der Waals surface area contributed by atoms with Gasteiger partial charge in [-0.1, -0.05) is 12.1 Å². The Hall–Kier alpha value is -2.07. The highest BCUT2D eigenvalue weighted by atomic mass is 16.3. The zero-order chi connectivity index (χ0) is 13.5. The molecule has 2 aromatic rings. The zero-order valence-corrected chi connectivity index (χ0v) is 11.0. The van der Waals surface area contributed by atoms with Crippen molar-refractivity contribution in [2.24, 2.45) is 0 Å². The summed E-state index contributed by atoms with van der Waals surface area (Å²) < 4.78 is 5.21. The topological polar surface area (TPSA) is 54.3 Å². The predicted molar refractivity (Wildman–Crippen MR) is 75.1 cm³/mol. The monoisotopic (exact) mass is 258 g/mol. The Morgan fingerprint density at radius 1 is 1.26 bits per heavy atom. The van der Waals surface area contributed by atoms with Crippen molar-refractivity contribution in [3.63, 3.8) is 0 Å². The Balaban J connectivity index is 1.67. The van der Waals surface area contributed by atoms with Crippen molar-refractivity contribution < 1.29 is 9.21 Å². The van der Waals surface area contributed by atoms with E-state index in [-0.39, 0.29) is 5.91 Å². The number of amides is 1. The summed E-state index contributed by atoms with van der Waals surface area (Å²) >= 11 is 0. The van der Waals surface area contributed by atoms with E-state index < -0.39 is 0 Å². The first-order chi connectivity index (χ1) is 9.24. The molecule has 1 heterocycles. The van der Waals surface area contributed by atoms with Gasteiger partial charge >= 0.3 is 0 Å². The highest BCUT2D eigenvalue weighted by molar-refractivity contribution is 5.92. The summed E-state index contributed by atoms with van der Waals surface area (Å²) in [6.07, 6.45) is 2.44. The maximum atomic E-state index is 11.7. The second kappa shape index (κ2) is 6.75. The molecule has 1 aromatic carbocycles. The second-order valence-electron chi connectivity index (χ2n) is 4.42. The van der Waals surface area contributed by atoms with Crippen molar-refractivity contribution in [2.75, 3.05) is 18.4 Å². The van der Waals surface area contributed by atoms with Gasteiger partial charge in [-0.2, -0.15) is 0 Å². The quantitative estimate of drug-likeness (QED) is 0.782. The lowest BCUT2D eigenvalue weighted by Crippen LogP contribution is -2.29. The van der Waals surface area contributed by atoms with Gasteiger partial charge in [-0.3, -0.25) is 4.79 Å². The van der Waals surface area contributed by atoms with Crippen LogP contribution in [-0.4, -0.2) is 19.0 Å². The van der Waals surface area contributed by atoms with Crippen molar-refractivity contribution >= 4 is 11.6 Å². The van der Waals surface area contributed by atoms with Crippen LogP contribution in [0.15, 0.2) is 47.1 Å².